The molecule has 1 N–H and O–H groups in total. The van der Waals surface area contributed by atoms with Crippen molar-refractivity contribution in [2.45, 2.75) is 52.4 Å². The number of rotatable bonds is 9. The van der Waals surface area contributed by atoms with Crippen molar-refractivity contribution in [1.29, 1.82) is 0 Å². The van der Waals surface area contributed by atoms with Crippen molar-refractivity contribution in [3.8, 4) is 0 Å². The molecule has 0 aromatic carbocycles. The molecular weight excluding hydrogens is 244 g/mol. The lowest BCUT2D eigenvalue weighted by molar-refractivity contribution is -0.138. The predicted octanol–water partition coefficient (Wildman–Crippen LogP) is 3.93. The molecule has 0 aromatic heterocycles. The van der Waals surface area contributed by atoms with Crippen molar-refractivity contribution in [2.24, 2.45) is 5.92 Å². The third-order valence-electron chi connectivity index (χ3n) is 2.20. The maximum Gasteiger partial charge on any atom is 0.314 e. The summed E-state index contributed by atoms with van der Waals surface area (Å²) in [6.45, 7) is 10.9. The van der Waals surface area contributed by atoms with E-state index in [1.54, 1.807) is 0 Å². The van der Waals surface area contributed by atoms with Crippen molar-refractivity contribution in [3.05, 3.63) is 25.5 Å². The number of hydrogen-bond donors (Lipinski definition) is 1. The van der Waals surface area contributed by atoms with Crippen LogP contribution < -0.4 is 0 Å². The van der Waals surface area contributed by atoms with Crippen LogP contribution in [0.25, 0.3) is 0 Å². The molecule has 0 bridgehead atoms. The second kappa shape index (κ2) is 14.5. The number of esters is 1. The Morgan fingerprint density at radius 3 is 2.26 bits per heavy atom. The van der Waals surface area contributed by atoms with Crippen LogP contribution in [-0.4, -0.2) is 17.0 Å². The first-order valence-corrected chi connectivity index (χ1v) is 6.57. The van der Waals surface area contributed by atoms with Crippen LogP contribution >= 0.6 is 0 Å². The van der Waals surface area contributed by atoms with Crippen LogP contribution in [0.4, 0.5) is 0 Å². The van der Waals surface area contributed by atoms with Crippen LogP contribution in [0.2, 0.25) is 0 Å². The van der Waals surface area contributed by atoms with Gasteiger partial charge >= 0.3 is 11.9 Å². The normalized spacial score (nSPS) is 9.21. The Balaban J connectivity index is 0. The molecule has 0 heterocycles. The minimum atomic E-state index is -0.672. The zero-order valence-corrected chi connectivity index (χ0v) is 12.1. The van der Waals surface area contributed by atoms with Crippen molar-refractivity contribution in [3.63, 3.8) is 0 Å². The molecule has 0 radical (unpaired) electrons. The monoisotopic (exact) mass is 270 g/mol. The molecule has 0 aliphatic rings. The summed E-state index contributed by atoms with van der Waals surface area (Å²) in [5.41, 5.74) is 0. The molecule has 110 valence electrons. The molecule has 0 aliphatic heterocycles. The largest absolute Gasteiger partial charge is 0.481 e. The summed E-state index contributed by atoms with van der Waals surface area (Å²) in [5.74, 6) is -0.246. The summed E-state index contributed by atoms with van der Waals surface area (Å²) in [7, 11) is 0. The fourth-order valence-electron chi connectivity index (χ4n) is 1.26. The number of carbonyl (C=O) groups excluding carboxylic acids is 1. The lowest BCUT2D eigenvalue weighted by Crippen LogP contribution is -1.95. The summed E-state index contributed by atoms with van der Waals surface area (Å²) in [6, 6.07) is 0. The zero-order valence-electron chi connectivity index (χ0n) is 12.1. The summed E-state index contributed by atoms with van der Waals surface area (Å²) in [5, 5.41) is 8.32. The molecule has 0 amide bonds. The van der Waals surface area contributed by atoms with Crippen molar-refractivity contribution < 1.29 is 19.4 Å². The molecule has 4 nitrogen and oxygen atoms in total. The molecule has 0 aromatic rings. The lowest BCUT2D eigenvalue weighted by Gasteiger charge is -2.02. The van der Waals surface area contributed by atoms with E-state index in [0.29, 0.717) is 6.42 Å². The standard InChI is InChI=1S/C9H18O2.C6H8O2/c1-8(2)6-4-3-5-7-9(10)11;1-3-5-6(7)8-4-2/h8H,3-7H2,1-2H3,(H,10,11);3-4H,1-2,5H2. The zero-order chi connectivity index (χ0) is 15.1. The van der Waals surface area contributed by atoms with Gasteiger partial charge in [-0.2, -0.15) is 0 Å². The van der Waals surface area contributed by atoms with E-state index in [-0.39, 0.29) is 12.4 Å². The number of aliphatic carboxylic acids is 1. The Morgan fingerprint density at radius 2 is 1.84 bits per heavy atom. The molecule has 4 heteroatoms. The van der Waals surface area contributed by atoms with Gasteiger partial charge in [0.25, 0.3) is 0 Å². The highest BCUT2D eigenvalue weighted by molar-refractivity contribution is 5.71. The number of unbranched alkanes of at least 4 members (excludes halogenated alkanes) is 2. The molecule has 0 rings (SSSR count). The van der Waals surface area contributed by atoms with Gasteiger partial charge in [-0.15, -0.1) is 6.58 Å². The number of ether oxygens (including phenoxy) is 1. The first-order chi connectivity index (χ1) is 8.93. The summed E-state index contributed by atoms with van der Waals surface area (Å²) < 4.78 is 4.34. The van der Waals surface area contributed by atoms with Crippen LogP contribution in [0.15, 0.2) is 25.5 Å². The van der Waals surface area contributed by atoms with Gasteiger partial charge in [-0.05, 0) is 12.3 Å². The average Bonchev–Trinajstić information content (AvgIpc) is 2.29. The molecule has 0 atom stereocenters. The van der Waals surface area contributed by atoms with Gasteiger partial charge in [0, 0.05) is 6.42 Å². The Bertz CT molecular complexity index is 257. The smallest absolute Gasteiger partial charge is 0.314 e. The summed E-state index contributed by atoms with van der Waals surface area (Å²) in [4.78, 5) is 20.4. The van der Waals surface area contributed by atoms with E-state index in [0.717, 1.165) is 25.0 Å². The van der Waals surface area contributed by atoms with E-state index in [1.807, 2.05) is 0 Å². The Kier molecular flexibility index (Phi) is 15.1. The van der Waals surface area contributed by atoms with E-state index in [1.165, 1.54) is 18.9 Å². The van der Waals surface area contributed by atoms with Crippen molar-refractivity contribution in [2.75, 3.05) is 0 Å². The van der Waals surface area contributed by atoms with Gasteiger partial charge in [0.2, 0.25) is 0 Å². The highest BCUT2D eigenvalue weighted by Gasteiger charge is 1.97. The van der Waals surface area contributed by atoms with Gasteiger partial charge in [0.05, 0.1) is 12.7 Å². The minimum Gasteiger partial charge on any atom is -0.481 e. The quantitative estimate of drug-likeness (QED) is 0.298. The second-order valence-electron chi connectivity index (χ2n) is 4.54. The van der Waals surface area contributed by atoms with Crippen LogP contribution in [0.1, 0.15) is 52.4 Å². The van der Waals surface area contributed by atoms with Crippen molar-refractivity contribution >= 4 is 11.9 Å². The maximum absolute atomic E-state index is 10.3. The molecular formula is C15H26O4. The van der Waals surface area contributed by atoms with E-state index < -0.39 is 5.97 Å². The van der Waals surface area contributed by atoms with Crippen LogP contribution in [0.3, 0.4) is 0 Å². The molecule has 0 saturated heterocycles. The van der Waals surface area contributed by atoms with Crippen LogP contribution in [0, 0.1) is 5.92 Å². The molecule has 0 spiro atoms. The van der Waals surface area contributed by atoms with Gasteiger partial charge in [-0.25, -0.2) is 0 Å². The fourth-order valence-corrected chi connectivity index (χ4v) is 1.26. The topological polar surface area (TPSA) is 63.6 Å². The Labute approximate surface area is 116 Å². The minimum absolute atomic E-state index is 0.242. The number of hydrogen-bond acceptors (Lipinski definition) is 3. The third kappa shape index (κ3) is 22.1. The van der Waals surface area contributed by atoms with Gasteiger partial charge in [0.15, 0.2) is 0 Å². The molecule has 19 heavy (non-hydrogen) atoms. The Hall–Kier alpha value is -1.58. The van der Waals surface area contributed by atoms with E-state index in [9.17, 15) is 9.59 Å². The third-order valence-corrected chi connectivity index (χ3v) is 2.20. The van der Waals surface area contributed by atoms with E-state index in [4.69, 9.17) is 5.11 Å². The summed E-state index contributed by atoms with van der Waals surface area (Å²) >= 11 is 0. The van der Waals surface area contributed by atoms with Gasteiger partial charge in [0.1, 0.15) is 0 Å². The highest BCUT2D eigenvalue weighted by atomic mass is 16.5. The number of carbonyl (C=O) groups is 2. The van der Waals surface area contributed by atoms with Gasteiger partial charge in [-0.3, -0.25) is 9.59 Å². The second-order valence-corrected chi connectivity index (χ2v) is 4.54. The molecule has 0 aliphatic carbocycles. The van der Waals surface area contributed by atoms with Crippen molar-refractivity contribution in [1.82, 2.24) is 0 Å². The SMILES string of the molecule is C=CCC(=O)OC=C.CC(C)CCCCCC(=O)O. The van der Waals surface area contributed by atoms with E-state index >= 15 is 0 Å². The van der Waals surface area contributed by atoms with Gasteiger partial charge < -0.3 is 9.84 Å². The average molecular weight is 270 g/mol. The van der Waals surface area contributed by atoms with Crippen LogP contribution in [0.5, 0.6) is 0 Å². The highest BCUT2D eigenvalue weighted by Crippen LogP contribution is 2.08. The number of carboxylic acid groups (broad SMARTS) is 1. The van der Waals surface area contributed by atoms with Crippen LogP contribution in [-0.2, 0) is 14.3 Å². The van der Waals surface area contributed by atoms with Gasteiger partial charge in [-0.1, -0.05) is 45.8 Å². The lowest BCUT2D eigenvalue weighted by atomic mass is 10.0. The summed E-state index contributed by atoms with van der Waals surface area (Å²) in [6.07, 6.45) is 7.44. The Morgan fingerprint density at radius 1 is 1.21 bits per heavy atom. The predicted molar refractivity (Wildman–Crippen MR) is 76.7 cm³/mol. The first-order valence-electron chi connectivity index (χ1n) is 6.57. The first kappa shape index (κ1) is 19.8. The maximum atomic E-state index is 10.3. The molecule has 0 fully saturated rings. The van der Waals surface area contributed by atoms with E-state index in [2.05, 4.69) is 31.7 Å². The molecule has 0 unspecified atom stereocenters. The fraction of sp³-hybridized carbons (Fsp3) is 0.600. The number of carboxylic acids is 1. The molecule has 0 saturated carbocycles.